The van der Waals surface area contributed by atoms with Crippen molar-refractivity contribution >= 4 is 33.8 Å². The van der Waals surface area contributed by atoms with E-state index in [-0.39, 0.29) is 6.04 Å². The van der Waals surface area contributed by atoms with Crippen molar-refractivity contribution in [2.45, 2.75) is 33.7 Å². The quantitative estimate of drug-likeness (QED) is 0.831. The van der Waals surface area contributed by atoms with E-state index in [1.54, 1.807) is 11.3 Å². The maximum atomic E-state index is 6.31. The monoisotopic (exact) mass is 309 g/mol. The van der Waals surface area contributed by atoms with Crippen LogP contribution >= 0.6 is 22.9 Å². The van der Waals surface area contributed by atoms with Gasteiger partial charge in [-0.05, 0) is 44.5 Å². The molecule has 0 aliphatic carbocycles. The van der Waals surface area contributed by atoms with Gasteiger partial charge in [-0.15, -0.1) is 11.3 Å². The minimum Gasteiger partial charge on any atom is -0.330 e. The SMILES string of the molecule is CCNC(C)c1csc(Nc2c(C)cc(C)cc2Cl)n1. The molecule has 1 aromatic carbocycles. The number of hydrogen-bond donors (Lipinski definition) is 2. The van der Waals surface area contributed by atoms with Gasteiger partial charge in [0, 0.05) is 11.4 Å². The predicted molar refractivity (Wildman–Crippen MR) is 88.4 cm³/mol. The lowest BCUT2D eigenvalue weighted by Gasteiger charge is -2.11. The average Bonchev–Trinajstić information content (AvgIpc) is 2.82. The minimum absolute atomic E-state index is 0.265. The molecule has 2 rings (SSSR count). The largest absolute Gasteiger partial charge is 0.330 e. The second-order valence-electron chi connectivity index (χ2n) is 4.92. The molecule has 0 saturated carbocycles. The summed E-state index contributed by atoms with van der Waals surface area (Å²) >= 11 is 7.91. The summed E-state index contributed by atoms with van der Waals surface area (Å²) in [6, 6.07) is 4.35. The number of nitrogens with zero attached hydrogens (tertiary/aromatic N) is 1. The van der Waals surface area contributed by atoms with Gasteiger partial charge in [0.15, 0.2) is 5.13 Å². The summed E-state index contributed by atoms with van der Waals surface area (Å²) in [5, 5.41) is 10.4. The molecule has 0 aliphatic rings. The van der Waals surface area contributed by atoms with Crippen molar-refractivity contribution < 1.29 is 0 Å². The van der Waals surface area contributed by atoms with Crippen LogP contribution in [0.2, 0.25) is 5.02 Å². The second-order valence-corrected chi connectivity index (χ2v) is 6.19. The number of aromatic nitrogens is 1. The van der Waals surface area contributed by atoms with E-state index in [9.17, 15) is 0 Å². The van der Waals surface area contributed by atoms with E-state index in [0.717, 1.165) is 33.6 Å². The van der Waals surface area contributed by atoms with Crippen LogP contribution in [0.1, 0.15) is 36.7 Å². The zero-order chi connectivity index (χ0) is 14.7. The number of thiazole rings is 1. The van der Waals surface area contributed by atoms with Crippen LogP contribution in [0.5, 0.6) is 0 Å². The van der Waals surface area contributed by atoms with Crippen molar-refractivity contribution in [2.24, 2.45) is 0 Å². The molecule has 1 heterocycles. The number of rotatable bonds is 5. The van der Waals surface area contributed by atoms with Crippen LogP contribution in [-0.2, 0) is 0 Å². The lowest BCUT2D eigenvalue weighted by Crippen LogP contribution is -2.17. The minimum atomic E-state index is 0.265. The van der Waals surface area contributed by atoms with Gasteiger partial charge in [0.05, 0.1) is 16.4 Å². The Labute approximate surface area is 129 Å². The molecule has 0 aliphatic heterocycles. The number of nitrogens with one attached hydrogen (secondary N) is 2. The molecule has 0 saturated heterocycles. The Morgan fingerprint density at radius 2 is 2.10 bits per heavy atom. The van der Waals surface area contributed by atoms with E-state index in [0.29, 0.717) is 0 Å². The van der Waals surface area contributed by atoms with Crippen molar-refractivity contribution in [1.82, 2.24) is 10.3 Å². The molecule has 20 heavy (non-hydrogen) atoms. The van der Waals surface area contributed by atoms with Crippen LogP contribution in [0.15, 0.2) is 17.5 Å². The molecule has 0 radical (unpaired) electrons. The second kappa shape index (κ2) is 6.57. The van der Waals surface area contributed by atoms with Gasteiger partial charge in [-0.25, -0.2) is 4.98 Å². The topological polar surface area (TPSA) is 37.0 Å². The summed E-state index contributed by atoms with van der Waals surface area (Å²) in [5.74, 6) is 0. The molecule has 1 aromatic heterocycles. The van der Waals surface area contributed by atoms with Crippen molar-refractivity contribution in [3.05, 3.63) is 39.4 Å². The van der Waals surface area contributed by atoms with E-state index in [1.807, 2.05) is 13.0 Å². The molecule has 0 amide bonds. The molecular weight excluding hydrogens is 290 g/mol. The fourth-order valence-corrected chi connectivity index (χ4v) is 3.31. The van der Waals surface area contributed by atoms with Crippen molar-refractivity contribution in [3.8, 4) is 0 Å². The Kier molecular flexibility index (Phi) is 5.02. The van der Waals surface area contributed by atoms with Crippen LogP contribution in [0.4, 0.5) is 10.8 Å². The van der Waals surface area contributed by atoms with E-state index < -0.39 is 0 Å². The highest BCUT2D eigenvalue weighted by molar-refractivity contribution is 7.13. The first-order chi connectivity index (χ1) is 9.51. The fraction of sp³-hybridized carbons (Fsp3) is 0.400. The zero-order valence-corrected chi connectivity index (χ0v) is 13.8. The highest BCUT2D eigenvalue weighted by Crippen LogP contribution is 2.32. The molecule has 108 valence electrons. The lowest BCUT2D eigenvalue weighted by molar-refractivity contribution is 0.587. The Morgan fingerprint density at radius 3 is 2.75 bits per heavy atom. The van der Waals surface area contributed by atoms with E-state index in [4.69, 9.17) is 11.6 Å². The predicted octanol–water partition coefficient (Wildman–Crippen LogP) is 4.83. The first kappa shape index (κ1) is 15.3. The first-order valence-electron chi connectivity index (χ1n) is 6.73. The van der Waals surface area contributed by atoms with E-state index in [1.165, 1.54) is 5.56 Å². The van der Waals surface area contributed by atoms with Crippen LogP contribution < -0.4 is 10.6 Å². The van der Waals surface area contributed by atoms with E-state index in [2.05, 4.69) is 47.8 Å². The molecule has 0 bridgehead atoms. The van der Waals surface area contributed by atoms with Gasteiger partial charge in [-0.2, -0.15) is 0 Å². The van der Waals surface area contributed by atoms with Gasteiger partial charge in [-0.3, -0.25) is 0 Å². The Bertz CT molecular complexity index is 572. The normalized spacial score (nSPS) is 12.4. The highest BCUT2D eigenvalue weighted by Gasteiger charge is 2.11. The van der Waals surface area contributed by atoms with Gasteiger partial charge in [-0.1, -0.05) is 24.6 Å². The first-order valence-corrected chi connectivity index (χ1v) is 7.99. The summed E-state index contributed by atoms with van der Waals surface area (Å²) in [7, 11) is 0. The Balaban J connectivity index is 2.19. The Hall–Kier alpha value is -1.10. The molecule has 2 aromatic rings. The summed E-state index contributed by atoms with van der Waals surface area (Å²) in [6.07, 6.45) is 0. The lowest BCUT2D eigenvalue weighted by atomic mass is 10.1. The number of aryl methyl sites for hydroxylation is 2. The number of hydrogen-bond acceptors (Lipinski definition) is 4. The molecular formula is C15H20ClN3S. The smallest absolute Gasteiger partial charge is 0.187 e. The third-order valence-electron chi connectivity index (χ3n) is 3.14. The standard InChI is InChI=1S/C15H20ClN3S/c1-5-17-11(4)13-8-20-15(18-13)19-14-10(3)6-9(2)7-12(14)16/h6-8,11,17H,5H2,1-4H3,(H,18,19). The average molecular weight is 310 g/mol. The summed E-state index contributed by atoms with van der Waals surface area (Å²) in [5.41, 5.74) is 4.29. The molecule has 0 spiro atoms. The van der Waals surface area contributed by atoms with Crippen LogP contribution in [-0.4, -0.2) is 11.5 Å². The van der Waals surface area contributed by atoms with Crippen LogP contribution in [0, 0.1) is 13.8 Å². The molecule has 2 N–H and O–H groups in total. The van der Waals surface area contributed by atoms with E-state index >= 15 is 0 Å². The van der Waals surface area contributed by atoms with Gasteiger partial charge in [0.1, 0.15) is 0 Å². The van der Waals surface area contributed by atoms with Gasteiger partial charge in [0.25, 0.3) is 0 Å². The van der Waals surface area contributed by atoms with Crippen LogP contribution in [0.25, 0.3) is 0 Å². The fourth-order valence-electron chi connectivity index (χ4n) is 2.13. The number of halogens is 1. The number of anilines is 2. The van der Waals surface area contributed by atoms with Gasteiger partial charge >= 0.3 is 0 Å². The molecule has 0 fully saturated rings. The van der Waals surface area contributed by atoms with Gasteiger partial charge in [0.2, 0.25) is 0 Å². The Morgan fingerprint density at radius 1 is 1.35 bits per heavy atom. The highest BCUT2D eigenvalue weighted by atomic mass is 35.5. The molecule has 5 heteroatoms. The molecule has 1 unspecified atom stereocenters. The summed E-state index contributed by atoms with van der Waals surface area (Å²) < 4.78 is 0. The maximum absolute atomic E-state index is 6.31. The third kappa shape index (κ3) is 3.51. The maximum Gasteiger partial charge on any atom is 0.187 e. The van der Waals surface area contributed by atoms with Crippen molar-refractivity contribution in [1.29, 1.82) is 0 Å². The third-order valence-corrected chi connectivity index (χ3v) is 4.21. The molecule has 3 nitrogen and oxygen atoms in total. The molecule has 1 atom stereocenters. The van der Waals surface area contributed by atoms with Crippen LogP contribution in [0.3, 0.4) is 0 Å². The zero-order valence-electron chi connectivity index (χ0n) is 12.2. The van der Waals surface area contributed by atoms with Crippen molar-refractivity contribution in [3.63, 3.8) is 0 Å². The summed E-state index contributed by atoms with van der Waals surface area (Å²) in [4.78, 5) is 4.61. The van der Waals surface area contributed by atoms with Crippen molar-refractivity contribution in [2.75, 3.05) is 11.9 Å². The number of benzene rings is 1. The van der Waals surface area contributed by atoms with Gasteiger partial charge < -0.3 is 10.6 Å². The summed E-state index contributed by atoms with van der Waals surface area (Å²) in [6.45, 7) is 9.24.